The quantitative estimate of drug-likeness (QED) is 0.841. The topological polar surface area (TPSA) is 45.2 Å². The van der Waals surface area contributed by atoms with Crippen molar-refractivity contribution in [2.45, 2.75) is 13.0 Å². The van der Waals surface area contributed by atoms with Crippen molar-refractivity contribution in [2.75, 3.05) is 19.6 Å². The summed E-state index contributed by atoms with van der Waals surface area (Å²) >= 11 is 13.4. The zero-order valence-corrected chi connectivity index (χ0v) is 15.5. The van der Waals surface area contributed by atoms with Gasteiger partial charge in [0.1, 0.15) is 10.7 Å². The van der Waals surface area contributed by atoms with Gasteiger partial charge in [-0.15, -0.1) is 23.7 Å². The van der Waals surface area contributed by atoms with Crippen molar-refractivity contribution in [3.8, 4) is 10.6 Å². The molecule has 1 fully saturated rings. The minimum absolute atomic E-state index is 0. The molecule has 1 amide bonds. The second-order valence-electron chi connectivity index (χ2n) is 5.22. The van der Waals surface area contributed by atoms with E-state index in [1.807, 2.05) is 17.9 Å². The molecule has 0 spiro atoms. The van der Waals surface area contributed by atoms with Crippen LogP contribution in [0.1, 0.15) is 17.4 Å². The molecule has 1 aromatic heterocycles. The summed E-state index contributed by atoms with van der Waals surface area (Å²) in [6.45, 7) is 4.38. The predicted octanol–water partition coefficient (Wildman–Crippen LogP) is 3.97. The summed E-state index contributed by atoms with van der Waals surface area (Å²) in [5.74, 6) is -0.0171. The van der Waals surface area contributed by atoms with E-state index in [2.05, 4.69) is 10.3 Å². The molecule has 2 aromatic rings. The number of halogens is 3. The number of aromatic nitrogens is 1. The molecule has 4 nitrogen and oxygen atoms in total. The maximum atomic E-state index is 12.6. The summed E-state index contributed by atoms with van der Waals surface area (Å²) in [4.78, 5) is 18.9. The van der Waals surface area contributed by atoms with E-state index in [4.69, 9.17) is 23.2 Å². The van der Waals surface area contributed by atoms with Crippen LogP contribution in [-0.4, -0.2) is 41.5 Å². The first-order valence-corrected chi connectivity index (χ1v) is 8.62. The molecule has 1 saturated heterocycles. The van der Waals surface area contributed by atoms with Gasteiger partial charge in [-0.25, -0.2) is 4.98 Å². The van der Waals surface area contributed by atoms with E-state index >= 15 is 0 Å². The van der Waals surface area contributed by atoms with Gasteiger partial charge in [-0.1, -0.05) is 29.3 Å². The molecule has 0 aliphatic carbocycles. The molecule has 1 atom stereocenters. The van der Waals surface area contributed by atoms with E-state index in [9.17, 15) is 4.79 Å². The van der Waals surface area contributed by atoms with E-state index in [0.29, 0.717) is 22.3 Å². The number of carbonyl (C=O) groups excluding carboxylic acids is 1. The molecule has 1 aliphatic rings. The first kappa shape index (κ1) is 18.5. The van der Waals surface area contributed by atoms with Crippen LogP contribution in [0.2, 0.25) is 10.0 Å². The van der Waals surface area contributed by atoms with Crippen LogP contribution in [0.4, 0.5) is 0 Å². The highest BCUT2D eigenvalue weighted by molar-refractivity contribution is 7.13. The Balaban J connectivity index is 0.00000192. The average molecular weight is 393 g/mol. The molecule has 0 bridgehead atoms. The lowest BCUT2D eigenvalue weighted by Gasteiger charge is -2.33. The Kier molecular flexibility index (Phi) is 6.28. The van der Waals surface area contributed by atoms with Crippen LogP contribution < -0.4 is 5.32 Å². The largest absolute Gasteiger partial charge is 0.332 e. The summed E-state index contributed by atoms with van der Waals surface area (Å²) in [6.07, 6.45) is 0. The number of rotatable bonds is 2. The minimum Gasteiger partial charge on any atom is -0.332 e. The van der Waals surface area contributed by atoms with Gasteiger partial charge in [0, 0.05) is 36.6 Å². The fraction of sp³-hybridized carbons (Fsp3) is 0.333. The van der Waals surface area contributed by atoms with Crippen LogP contribution >= 0.6 is 46.9 Å². The predicted molar refractivity (Wildman–Crippen MR) is 98.2 cm³/mol. The highest BCUT2D eigenvalue weighted by atomic mass is 35.5. The number of hydrogen-bond donors (Lipinski definition) is 1. The van der Waals surface area contributed by atoms with Gasteiger partial charge in [0.15, 0.2) is 0 Å². The summed E-state index contributed by atoms with van der Waals surface area (Å²) in [5, 5.41) is 6.83. The highest BCUT2D eigenvalue weighted by Gasteiger charge is 2.25. The van der Waals surface area contributed by atoms with Crippen molar-refractivity contribution in [3.05, 3.63) is 39.3 Å². The number of carbonyl (C=O) groups is 1. The van der Waals surface area contributed by atoms with Crippen LogP contribution in [-0.2, 0) is 0 Å². The maximum Gasteiger partial charge on any atom is 0.273 e. The monoisotopic (exact) mass is 391 g/mol. The second kappa shape index (κ2) is 7.81. The smallest absolute Gasteiger partial charge is 0.273 e. The molecular formula is C15H16Cl3N3OS. The Labute approximate surface area is 155 Å². The van der Waals surface area contributed by atoms with Crippen molar-refractivity contribution >= 4 is 52.9 Å². The first-order valence-electron chi connectivity index (χ1n) is 6.99. The second-order valence-corrected chi connectivity index (χ2v) is 6.89. The molecule has 0 saturated carbocycles. The van der Waals surface area contributed by atoms with Gasteiger partial charge in [-0.2, -0.15) is 0 Å². The number of thiazole rings is 1. The molecule has 3 rings (SSSR count). The molecule has 23 heavy (non-hydrogen) atoms. The van der Waals surface area contributed by atoms with Gasteiger partial charge in [-0.05, 0) is 19.1 Å². The fourth-order valence-electron chi connectivity index (χ4n) is 2.42. The Morgan fingerprint density at radius 1 is 1.39 bits per heavy atom. The Morgan fingerprint density at radius 2 is 2.17 bits per heavy atom. The number of amides is 1. The summed E-state index contributed by atoms with van der Waals surface area (Å²) < 4.78 is 0. The SMILES string of the molecule is C[C@H]1CNCCN1C(=O)c1csc(-c2ccc(Cl)c(Cl)c2)n1.Cl. The standard InChI is InChI=1S/C15H15Cl2N3OS.ClH/c1-9-7-18-4-5-20(9)15(21)13-8-22-14(19-13)10-2-3-11(16)12(17)6-10;/h2-3,6,8-9,18H,4-5,7H2,1H3;1H/t9-;/m0./s1. The molecule has 124 valence electrons. The lowest BCUT2D eigenvalue weighted by atomic mass is 10.2. The number of hydrogen-bond acceptors (Lipinski definition) is 4. The molecule has 1 aliphatic heterocycles. The van der Waals surface area contributed by atoms with Crippen LogP contribution in [0.15, 0.2) is 23.6 Å². The first-order chi connectivity index (χ1) is 10.6. The van der Waals surface area contributed by atoms with Gasteiger partial charge in [0.25, 0.3) is 5.91 Å². The summed E-state index contributed by atoms with van der Waals surface area (Å²) in [5.41, 5.74) is 1.35. The van der Waals surface area contributed by atoms with Crippen molar-refractivity contribution in [2.24, 2.45) is 0 Å². The Bertz CT molecular complexity index is 707. The Hall–Kier alpha value is -0.850. The summed E-state index contributed by atoms with van der Waals surface area (Å²) in [6, 6.07) is 5.54. The van der Waals surface area contributed by atoms with Gasteiger partial charge < -0.3 is 10.2 Å². The van der Waals surface area contributed by atoms with E-state index in [1.165, 1.54) is 11.3 Å². The van der Waals surface area contributed by atoms with Crippen LogP contribution in [0.3, 0.4) is 0 Å². The van der Waals surface area contributed by atoms with E-state index in [0.717, 1.165) is 23.7 Å². The van der Waals surface area contributed by atoms with Gasteiger partial charge >= 0.3 is 0 Å². The highest BCUT2D eigenvalue weighted by Crippen LogP contribution is 2.30. The average Bonchev–Trinajstić information content (AvgIpc) is 3.00. The summed E-state index contributed by atoms with van der Waals surface area (Å²) in [7, 11) is 0. The van der Waals surface area contributed by atoms with Crippen molar-refractivity contribution < 1.29 is 4.79 Å². The minimum atomic E-state index is -0.0171. The van der Waals surface area contributed by atoms with Crippen molar-refractivity contribution in [1.29, 1.82) is 0 Å². The third-order valence-corrected chi connectivity index (χ3v) is 5.28. The molecule has 1 N–H and O–H groups in total. The number of piperazine rings is 1. The van der Waals surface area contributed by atoms with E-state index in [-0.39, 0.29) is 24.4 Å². The molecule has 8 heteroatoms. The van der Waals surface area contributed by atoms with Gasteiger partial charge in [-0.3, -0.25) is 4.79 Å². The molecule has 2 heterocycles. The zero-order chi connectivity index (χ0) is 15.7. The third-order valence-electron chi connectivity index (χ3n) is 3.65. The maximum absolute atomic E-state index is 12.6. The molecule has 0 unspecified atom stereocenters. The number of benzene rings is 1. The molecule has 0 radical (unpaired) electrons. The molecular weight excluding hydrogens is 377 g/mol. The van der Waals surface area contributed by atoms with Crippen LogP contribution in [0, 0.1) is 0 Å². The lowest BCUT2D eigenvalue weighted by molar-refractivity contribution is 0.0650. The van der Waals surface area contributed by atoms with Crippen molar-refractivity contribution in [3.63, 3.8) is 0 Å². The third kappa shape index (κ3) is 3.98. The zero-order valence-electron chi connectivity index (χ0n) is 12.4. The van der Waals surface area contributed by atoms with E-state index in [1.54, 1.807) is 17.5 Å². The number of nitrogens with zero attached hydrogens (tertiary/aromatic N) is 2. The number of nitrogens with one attached hydrogen (secondary N) is 1. The van der Waals surface area contributed by atoms with Crippen molar-refractivity contribution in [1.82, 2.24) is 15.2 Å². The van der Waals surface area contributed by atoms with Crippen LogP contribution in [0.25, 0.3) is 10.6 Å². The van der Waals surface area contributed by atoms with Gasteiger partial charge in [0.2, 0.25) is 0 Å². The lowest BCUT2D eigenvalue weighted by Crippen LogP contribution is -2.52. The van der Waals surface area contributed by atoms with Crippen LogP contribution in [0.5, 0.6) is 0 Å². The fourth-order valence-corrected chi connectivity index (χ4v) is 3.51. The Morgan fingerprint density at radius 3 is 2.87 bits per heavy atom. The van der Waals surface area contributed by atoms with Gasteiger partial charge in [0.05, 0.1) is 10.0 Å². The molecule has 1 aromatic carbocycles. The normalized spacial score (nSPS) is 17.7. The van der Waals surface area contributed by atoms with E-state index < -0.39 is 0 Å².